The van der Waals surface area contributed by atoms with Crippen molar-refractivity contribution in [3.8, 4) is 0 Å². The van der Waals surface area contributed by atoms with Crippen molar-refractivity contribution in [2.24, 2.45) is 0 Å². The third-order valence-electron chi connectivity index (χ3n) is 3.46. The Bertz CT molecular complexity index is 455. The number of methoxy groups -OCH3 is 1. The molecule has 0 aliphatic heterocycles. The summed E-state index contributed by atoms with van der Waals surface area (Å²) in [6.07, 6.45) is 2.56. The minimum Gasteiger partial charge on any atom is -0.383 e. The summed E-state index contributed by atoms with van der Waals surface area (Å²) < 4.78 is 31.2. The summed E-state index contributed by atoms with van der Waals surface area (Å²) in [5.74, 6) is -1.66. The van der Waals surface area contributed by atoms with E-state index in [0.717, 1.165) is 37.6 Å². The number of nitrogens with zero attached hydrogens (tertiary/aromatic N) is 1. The largest absolute Gasteiger partial charge is 0.383 e. The molecule has 0 unspecified atom stereocenters. The number of hydrogen-bond donors (Lipinski definition) is 0. The van der Waals surface area contributed by atoms with Crippen molar-refractivity contribution in [3.05, 3.63) is 35.4 Å². The van der Waals surface area contributed by atoms with Gasteiger partial charge in [-0.05, 0) is 25.0 Å². The van der Waals surface area contributed by atoms with E-state index in [0.29, 0.717) is 19.2 Å². The van der Waals surface area contributed by atoms with Crippen LogP contribution in [0.3, 0.4) is 0 Å². The zero-order chi connectivity index (χ0) is 14.5. The molecule has 1 aliphatic rings. The average Bonchev–Trinajstić information content (AvgIpc) is 3.22. The standard InChI is InChI=1S/C15H19F2NO2/c1-20-7-6-18(14-2-3-14)5-4-15(19)11-8-12(16)10-13(17)9-11/h8-10,14H,2-7H2,1H3. The van der Waals surface area contributed by atoms with Crippen LogP contribution in [0.1, 0.15) is 29.6 Å². The highest BCUT2D eigenvalue weighted by atomic mass is 19.1. The Morgan fingerprint density at radius 3 is 2.45 bits per heavy atom. The van der Waals surface area contributed by atoms with Crippen LogP contribution in [0.5, 0.6) is 0 Å². The molecule has 0 N–H and O–H groups in total. The van der Waals surface area contributed by atoms with Crippen molar-refractivity contribution < 1.29 is 18.3 Å². The van der Waals surface area contributed by atoms with Gasteiger partial charge in [-0.25, -0.2) is 8.78 Å². The van der Waals surface area contributed by atoms with Gasteiger partial charge >= 0.3 is 0 Å². The molecule has 1 fully saturated rings. The molecule has 0 amide bonds. The van der Waals surface area contributed by atoms with E-state index in [9.17, 15) is 13.6 Å². The van der Waals surface area contributed by atoms with Gasteiger partial charge in [0.2, 0.25) is 0 Å². The van der Waals surface area contributed by atoms with E-state index < -0.39 is 11.6 Å². The van der Waals surface area contributed by atoms with Gasteiger partial charge in [0.25, 0.3) is 0 Å². The molecule has 3 nitrogen and oxygen atoms in total. The molecule has 0 bridgehead atoms. The summed E-state index contributed by atoms with van der Waals surface area (Å²) in [6, 6.07) is 3.47. The molecule has 1 aromatic carbocycles. The second kappa shape index (κ2) is 6.90. The Morgan fingerprint density at radius 2 is 1.90 bits per heavy atom. The lowest BCUT2D eigenvalue weighted by Crippen LogP contribution is -2.31. The van der Waals surface area contributed by atoms with Gasteiger partial charge in [-0.3, -0.25) is 9.69 Å². The molecule has 1 aliphatic carbocycles. The number of halogens is 2. The number of ether oxygens (including phenoxy) is 1. The molecule has 20 heavy (non-hydrogen) atoms. The monoisotopic (exact) mass is 283 g/mol. The zero-order valence-corrected chi connectivity index (χ0v) is 11.6. The van der Waals surface area contributed by atoms with Crippen LogP contribution in [-0.4, -0.2) is 43.5 Å². The van der Waals surface area contributed by atoms with Gasteiger partial charge in [-0.1, -0.05) is 0 Å². The fourth-order valence-corrected chi connectivity index (χ4v) is 2.23. The maximum atomic E-state index is 13.1. The van der Waals surface area contributed by atoms with Crippen molar-refractivity contribution >= 4 is 5.78 Å². The van der Waals surface area contributed by atoms with E-state index >= 15 is 0 Å². The first-order chi connectivity index (χ1) is 9.60. The third kappa shape index (κ3) is 4.35. The molecule has 1 aromatic rings. The number of hydrogen-bond acceptors (Lipinski definition) is 3. The van der Waals surface area contributed by atoms with Crippen LogP contribution in [-0.2, 0) is 4.74 Å². The molecule has 0 radical (unpaired) electrons. The SMILES string of the molecule is COCCN(CCC(=O)c1cc(F)cc(F)c1)C1CC1. The van der Waals surface area contributed by atoms with Gasteiger partial charge in [0.1, 0.15) is 11.6 Å². The van der Waals surface area contributed by atoms with Gasteiger partial charge in [0.15, 0.2) is 5.78 Å². The molecule has 0 spiro atoms. The number of carbonyl (C=O) groups excluding carboxylic acids is 1. The molecule has 110 valence electrons. The first kappa shape index (κ1) is 15.1. The van der Waals surface area contributed by atoms with Crippen molar-refractivity contribution in [2.75, 3.05) is 26.8 Å². The molecular formula is C15H19F2NO2. The Kier molecular flexibility index (Phi) is 5.20. The lowest BCUT2D eigenvalue weighted by molar-refractivity contribution is 0.0944. The second-order valence-corrected chi connectivity index (χ2v) is 5.09. The quantitative estimate of drug-likeness (QED) is 0.687. The molecule has 0 heterocycles. The Hall–Kier alpha value is -1.33. The summed E-state index contributed by atoms with van der Waals surface area (Å²) >= 11 is 0. The van der Waals surface area contributed by atoms with Gasteiger partial charge in [0.05, 0.1) is 6.61 Å². The summed E-state index contributed by atoms with van der Waals surface area (Å²) in [7, 11) is 1.64. The topological polar surface area (TPSA) is 29.5 Å². The summed E-state index contributed by atoms with van der Waals surface area (Å²) in [5, 5.41) is 0. The summed E-state index contributed by atoms with van der Waals surface area (Å²) in [6.45, 7) is 2.01. The molecule has 5 heteroatoms. The van der Waals surface area contributed by atoms with Crippen LogP contribution < -0.4 is 0 Å². The highest BCUT2D eigenvalue weighted by Crippen LogP contribution is 2.26. The predicted molar refractivity (Wildman–Crippen MR) is 71.8 cm³/mol. The van der Waals surface area contributed by atoms with Crippen molar-refractivity contribution in [3.63, 3.8) is 0 Å². The Morgan fingerprint density at radius 1 is 1.25 bits per heavy atom. The normalized spacial score (nSPS) is 14.8. The first-order valence-corrected chi connectivity index (χ1v) is 6.82. The van der Waals surface area contributed by atoms with Crippen molar-refractivity contribution in [2.45, 2.75) is 25.3 Å². The zero-order valence-electron chi connectivity index (χ0n) is 11.6. The Balaban J connectivity index is 1.89. The third-order valence-corrected chi connectivity index (χ3v) is 3.46. The van der Waals surface area contributed by atoms with E-state index in [1.54, 1.807) is 7.11 Å². The van der Waals surface area contributed by atoms with Crippen LogP contribution in [0, 0.1) is 11.6 Å². The van der Waals surface area contributed by atoms with E-state index in [-0.39, 0.29) is 17.8 Å². The minimum absolute atomic E-state index is 0.102. The van der Waals surface area contributed by atoms with Crippen molar-refractivity contribution in [1.29, 1.82) is 0 Å². The van der Waals surface area contributed by atoms with E-state index in [4.69, 9.17) is 4.74 Å². The van der Waals surface area contributed by atoms with Crippen LogP contribution in [0.4, 0.5) is 8.78 Å². The molecular weight excluding hydrogens is 264 g/mol. The average molecular weight is 283 g/mol. The lowest BCUT2D eigenvalue weighted by atomic mass is 10.1. The minimum atomic E-state index is -0.716. The predicted octanol–water partition coefficient (Wildman–Crippen LogP) is 2.65. The Labute approximate surface area is 117 Å². The van der Waals surface area contributed by atoms with E-state index in [1.807, 2.05) is 0 Å². The molecule has 0 atom stereocenters. The van der Waals surface area contributed by atoms with Gasteiger partial charge in [0, 0.05) is 44.3 Å². The van der Waals surface area contributed by atoms with Crippen molar-refractivity contribution in [1.82, 2.24) is 4.90 Å². The maximum absolute atomic E-state index is 13.1. The summed E-state index contributed by atoms with van der Waals surface area (Å²) in [5.41, 5.74) is 0.102. The highest BCUT2D eigenvalue weighted by molar-refractivity contribution is 5.96. The van der Waals surface area contributed by atoms with Crippen LogP contribution in [0.15, 0.2) is 18.2 Å². The van der Waals surface area contributed by atoms with Crippen LogP contribution in [0.2, 0.25) is 0 Å². The fraction of sp³-hybridized carbons (Fsp3) is 0.533. The summed E-state index contributed by atoms with van der Waals surface area (Å²) in [4.78, 5) is 14.2. The molecule has 2 rings (SSSR count). The van der Waals surface area contributed by atoms with Gasteiger partial charge < -0.3 is 4.74 Å². The van der Waals surface area contributed by atoms with Crippen LogP contribution in [0.25, 0.3) is 0 Å². The number of carbonyl (C=O) groups is 1. The van der Waals surface area contributed by atoms with E-state index in [1.165, 1.54) is 0 Å². The number of benzene rings is 1. The van der Waals surface area contributed by atoms with Crippen LogP contribution >= 0.6 is 0 Å². The number of rotatable bonds is 8. The molecule has 0 saturated heterocycles. The molecule has 0 aromatic heterocycles. The maximum Gasteiger partial charge on any atom is 0.164 e. The molecule has 1 saturated carbocycles. The number of ketones is 1. The second-order valence-electron chi connectivity index (χ2n) is 5.09. The lowest BCUT2D eigenvalue weighted by Gasteiger charge is -2.20. The highest BCUT2D eigenvalue weighted by Gasteiger charge is 2.28. The smallest absolute Gasteiger partial charge is 0.164 e. The first-order valence-electron chi connectivity index (χ1n) is 6.82. The number of Topliss-reactive ketones (excluding diaryl/α,β-unsaturated/α-hetero) is 1. The fourth-order valence-electron chi connectivity index (χ4n) is 2.23. The van der Waals surface area contributed by atoms with E-state index in [2.05, 4.69) is 4.90 Å². The van der Waals surface area contributed by atoms with Gasteiger partial charge in [-0.2, -0.15) is 0 Å². The van der Waals surface area contributed by atoms with Gasteiger partial charge in [-0.15, -0.1) is 0 Å².